The van der Waals surface area contributed by atoms with E-state index in [9.17, 15) is 0 Å². The summed E-state index contributed by atoms with van der Waals surface area (Å²) in [5.41, 5.74) is 20.8. The van der Waals surface area contributed by atoms with Crippen molar-refractivity contribution in [2.45, 2.75) is 27.7 Å². The van der Waals surface area contributed by atoms with Crippen LogP contribution in [0.15, 0.2) is 24.3 Å². The van der Waals surface area contributed by atoms with E-state index in [0.29, 0.717) is 0 Å². The molecule has 18 heavy (non-hydrogen) atoms. The smallest absolute Gasteiger partial charge is 0.0447 e. The van der Waals surface area contributed by atoms with Gasteiger partial charge in [0.25, 0.3) is 0 Å². The Kier molecular flexibility index (Phi) is 3.04. The predicted molar refractivity (Wildman–Crippen MR) is 79.7 cm³/mol. The standard InChI is InChI=1S/C16H20N2/c1-9-7-5-6-8-13(9)14-10(2)11(3)15(17)12(4)16(14)18/h5-8H,17-18H2,1-4H3. The first kappa shape index (κ1) is 12.5. The molecule has 2 heteroatoms. The summed E-state index contributed by atoms with van der Waals surface area (Å²) in [6, 6.07) is 8.31. The zero-order valence-corrected chi connectivity index (χ0v) is 11.5. The van der Waals surface area contributed by atoms with Crippen molar-refractivity contribution >= 4 is 11.4 Å². The van der Waals surface area contributed by atoms with E-state index in [-0.39, 0.29) is 0 Å². The first-order valence-corrected chi connectivity index (χ1v) is 6.15. The van der Waals surface area contributed by atoms with E-state index in [1.807, 2.05) is 19.1 Å². The molecule has 0 amide bonds. The van der Waals surface area contributed by atoms with E-state index in [1.54, 1.807) is 0 Å². The number of rotatable bonds is 1. The van der Waals surface area contributed by atoms with Crippen molar-refractivity contribution in [3.05, 3.63) is 46.5 Å². The molecule has 0 atom stereocenters. The number of anilines is 2. The maximum Gasteiger partial charge on any atom is 0.0447 e. The van der Waals surface area contributed by atoms with Crippen LogP contribution in [0, 0.1) is 27.7 Å². The van der Waals surface area contributed by atoms with Gasteiger partial charge in [-0.3, -0.25) is 0 Å². The summed E-state index contributed by atoms with van der Waals surface area (Å²) >= 11 is 0. The van der Waals surface area contributed by atoms with Gasteiger partial charge in [0.2, 0.25) is 0 Å². The van der Waals surface area contributed by atoms with Gasteiger partial charge < -0.3 is 11.5 Å². The lowest BCUT2D eigenvalue weighted by atomic mass is 9.89. The first-order chi connectivity index (χ1) is 8.45. The number of nitrogen functional groups attached to an aromatic ring is 2. The largest absolute Gasteiger partial charge is 0.398 e. The topological polar surface area (TPSA) is 52.0 Å². The second-order valence-electron chi connectivity index (χ2n) is 4.89. The summed E-state index contributed by atoms with van der Waals surface area (Å²) in [5, 5.41) is 0. The van der Waals surface area contributed by atoms with Crippen molar-refractivity contribution in [1.29, 1.82) is 0 Å². The third-order valence-corrected chi connectivity index (χ3v) is 3.83. The molecule has 94 valence electrons. The van der Waals surface area contributed by atoms with E-state index in [4.69, 9.17) is 11.5 Å². The minimum Gasteiger partial charge on any atom is -0.398 e. The van der Waals surface area contributed by atoms with Gasteiger partial charge in [-0.2, -0.15) is 0 Å². The lowest BCUT2D eigenvalue weighted by Crippen LogP contribution is -2.05. The Balaban J connectivity index is 2.85. The molecule has 0 radical (unpaired) electrons. The van der Waals surface area contributed by atoms with Gasteiger partial charge in [0, 0.05) is 16.9 Å². The van der Waals surface area contributed by atoms with Gasteiger partial charge >= 0.3 is 0 Å². The highest BCUT2D eigenvalue weighted by molar-refractivity contribution is 5.88. The lowest BCUT2D eigenvalue weighted by molar-refractivity contribution is 1.30. The van der Waals surface area contributed by atoms with E-state index < -0.39 is 0 Å². The Hall–Kier alpha value is -1.96. The maximum atomic E-state index is 6.27. The van der Waals surface area contributed by atoms with Crippen LogP contribution < -0.4 is 11.5 Å². The summed E-state index contributed by atoms with van der Waals surface area (Å²) in [6.45, 7) is 8.23. The molecule has 2 aromatic rings. The zero-order valence-electron chi connectivity index (χ0n) is 11.5. The van der Waals surface area contributed by atoms with Crippen molar-refractivity contribution in [2.24, 2.45) is 0 Å². The van der Waals surface area contributed by atoms with Gasteiger partial charge in [0.15, 0.2) is 0 Å². The molecule has 0 aliphatic heterocycles. The molecular formula is C16H20N2. The molecule has 0 spiro atoms. The third-order valence-electron chi connectivity index (χ3n) is 3.83. The van der Waals surface area contributed by atoms with Gasteiger partial charge in [0.1, 0.15) is 0 Å². The number of hydrogen-bond donors (Lipinski definition) is 2. The van der Waals surface area contributed by atoms with Crippen molar-refractivity contribution in [3.8, 4) is 11.1 Å². The molecule has 0 unspecified atom stereocenters. The highest BCUT2D eigenvalue weighted by atomic mass is 14.6. The van der Waals surface area contributed by atoms with Gasteiger partial charge in [-0.1, -0.05) is 24.3 Å². The normalized spacial score (nSPS) is 10.7. The Morgan fingerprint density at radius 2 is 1.33 bits per heavy atom. The monoisotopic (exact) mass is 240 g/mol. The van der Waals surface area contributed by atoms with Crippen molar-refractivity contribution < 1.29 is 0 Å². The zero-order chi connectivity index (χ0) is 13.4. The number of nitrogens with two attached hydrogens (primary N) is 2. The van der Waals surface area contributed by atoms with Crippen LogP contribution in [0.1, 0.15) is 22.3 Å². The second-order valence-corrected chi connectivity index (χ2v) is 4.89. The van der Waals surface area contributed by atoms with Gasteiger partial charge in [-0.05, 0) is 55.5 Å². The van der Waals surface area contributed by atoms with E-state index in [1.165, 1.54) is 16.7 Å². The average Bonchev–Trinajstić information content (AvgIpc) is 2.36. The fourth-order valence-corrected chi connectivity index (χ4v) is 2.41. The number of hydrogen-bond acceptors (Lipinski definition) is 2. The molecule has 4 N–H and O–H groups in total. The summed E-state index contributed by atoms with van der Waals surface area (Å²) in [7, 11) is 0. The van der Waals surface area contributed by atoms with Crippen LogP contribution in [0.4, 0.5) is 11.4 Å². The Bertz CT molecular complexity index is 584. The average molecular weight is 240 g/mol. The Morgan fingerprint density at radius 3 is 1.94 bits per heavy atom. The molecule has 2 rings (SSSR count). The van der Waals surface area contributed by atoms with E-state index in [2.05, 4.69) is 32.9 Å². The van der Waals surface area contributed by atoms with Crippen LogP contribution in [0.3, 0.4) is 0 Å². The first-order valence-electron chi connectivity index (χ1n) is 6.15. The lowest BCUT2D eigenvalue weighted by Gasteiger charge is -2.19. The van der Waals surface area contributed by atoms with Crippen molar-refractivity contribution in [1.82, 2.24) is 0 Å². The molecule has 0 aliphatic carbocycles. The number of benzene rings is 2. The summed E-state index contributed by atoms with van der Waals surface area (Å²) < 4.78 is 0. The summed E-state index contributed by atoms with van der Waals surface area (Å²) in [6.07, 6.45) is 0. The third kappa shape index (κ3) is 1.74. The van der Waals surface area contributed by atoms with Crippen LogP contribution in [-0.2, 0) is 0 Å². The van der Waals surface area contributed by atoms with E-state index in [0.717, 1.165) is 28.1 Å². The predicted octanol–water partition coefficient (Wildman–Crippen LogP) is 3.75. The summed E-state index contributed by atoms with van der Waals surface area (Å²) in [5.74, 6) is 0. The molecule has 2 nitrogen and oxygen atoms in total. The van der Waals surface area contributed by atoms with Crippen LogP contribution in [0.25, 0.3) is 11.1 Å². The highest BCUT2D eigenvalue weighted by Crippen LogP contribution is 2.38. The fourth-order valence-electron chi connectivity index (χ4n) is 2.41. The minimum absolute atomic E-state index is 0.796. The number of aryl methyl sites for hydroxylation is 1. The molecule has 0 saturated heterocycles. The molecule has 0 fully saturated rings. The van der Waals surface area contributed by atoms with Crippen molar-refractivity contribution in [2.75, 3.05) is 11.5 Å². The van der Waals surface area contributed by atoms with E-state index >= 15 is 0 Å². The van der Waals surface area contributed by atoms with Gasteiger partial charge in [-0.25, -0.2) is 0 Å². The maximum absolute atomic E-state index is 6.27. The van der Waals surface area contributed by atoms with Crippen LogP contribution in [0.5, 0.6) is 0 Å². The highest BCUT2D eigenvalue weighted by Gasteiger charge is 2.15. The second kappa shape index (κ2) is 4.37. The fraction of sp³-hybridized carbons (Fsp3) is 0.250. The molecule has 0 bridgehead atoms. The van der Waals surface area contributed by atoms with Crippen LogP contribution >= 0.6 is 0 Å². The Morgan fingerprint density at radius 1 is 0.722 bits per heavy atom. The van der Waals surface area contributed by atoms with Crippen molar-refractivity contribution in [3.63, 3.8) is 0 Å². The molecule has 0 aromatic heterocycles. The van der Waals surface area contributed by atoms with Crippen LogP contribution in [-0.4, -0.2) is 0 Å². The molecular weight excluding hydrogens is 220 g/mol. The van der Waals surface area contributed by atoms with Crippen LogP contribution in [0.2, 0.25) is 0 Å². The molecule has 0 saturated carbocycles. The molecule has 0 heterocycles. The Labute approximate surface area is 109 Å². The SMILES string of the molecule is Cc1ccccc1-c1c(C)c(C)c(N)c(C)c1N. The van der Waals surface area contributed by atoms with Gasteiger partial charge in [0.05, 0.1) is 0 Å². The summed E-state index contributed by atoms with van der Waals surface area (Å²) in [4.78, 5) is 0. The van der Waals surface area contributed by atoms with Gasteiger partial charge in [-0.15, -0.1) is 0 Å². The quantitative estimate of drug-likeness (QED) is 0.746. The molecule has 0 aliphatic rings. The minimum atomic E-state index is 0.796. The molecule has 2 aromatic carbocycles.